The minimum Gasteiger partial charge on any atom is -0.445 e. The standard InChI is InChI=1S/C24H17N2O6P/c27-33(30-18-8-3-1-4-9-18,31-19-10-5-2-6-11-19)32-21-13-7-12-20(23-25-14-16-28-23)22(21)24-26-15-17-29-24/h1-17H. The molecule has 5 rings (SSSR count). The van der Waals surface area contributed by atoms with Crippen LogP contribution in [0.4, 0.5) is 0 Å². The van der Waals surface area contributed by atoms with E-state index in [1.54, 1.807) is 66.7 Å². The van der Waals surface area contributed by atoms with Gasteiger partial charge < -0.3 is 22.4 Å². The zero-order valence-electron chi connectivity index (χ0n) is 17.1. The lowest BCUT2D eigenvalue weighted by Gasteiger charge is -2.21. The number of oxazole rings is 2. The van der Waals surface area contributed by atoms with Crippen molar-refractivity contribution in [2.75, 3.05) is 0 Å². The number of phosphoric ester groups is 1. The summed E-state index contributed by atoms with van der Waals surface area (Å²) in [6.45, 7) is 0. The van der Waals surface area contributed by atoms with E-state index in [0.29, 0.717) is 28.5 Å². The summed E-state index contributed by atoms with van der Waals surface area (Å²) in [4.78, 5) is 8.44. The first kappa shape index (κ1) is 20.6. The Bertz CT molecular complexity index is 1310. The summed E-state index contributed by atoms with van der Waals surface area (Å²) >= 11 is 0. The van der Waals surface area contributed by atoms with Crippen molar-refractivity contribution in [3.8, 4) is 40.2 Å². The minimum atomic E-state index is -4.23. The highest BCUT2D eigenvalue weighted by Crippen LogP contribution is 2.52. The monoisotopic (exact) mass is 460 g/mol. The molecule has 5 aromatic rings. The normalized spacial score (nSPS) is 11.2. The fourth-order valence-corrected chi connectivity index (χ4v) is 4.37. The zero-order chi connectivity index (χ0) is 22.5. The summed E-state index contributed by atoms with van der Waals surface area (Å²) in [6.07, 6.45) is 5.88. The lowest BCUT2D eigenvalue weighted by Crippen LogP contribution is -2.08. The van der Waals surface area contributed by atoms with Crippen LogP contribution in [0.25, 0.3) is 22.9 Å². The molecule has 0 aliphatic heterocycles. The third kappa shape index (κ3) is 4.66. The van der Waals surface area contributed by atoms with E-state index < -0.39 is 7.82 Å². The molecule has 0 spiro atoms. The van der Waals surface area contributed by atoms with Crippen LogP contribution in [-0.2, 0) is 4.57 Å². The predicted octanol–water partition coefficient (Wildman–Crippen LogP) is 6.64. The molecule has 2 aromatic heterocycles. The Morgan fingerprint density at radius 2 is 1.21 bits per heavy atom. The van der Waals surface area contributed by atoms with Crippen LogP contribution in [0.2, 0.25) is 0 Å². The first-order chi connectivity index (χ1) is 16.2. The third-order valence-electron chi connectivity index (χ3n) is 4.47. The fraction of sp³-hybridized carbons (Fsp3) is 0. The number of benzene rings is 3. The van der Waals surface area contributed by atoms with Crippen molar-refractivity contribution in [1.29, 1.82) is 0 Å². The van der Waals surface area contributed by atoms with E-state index in [9.17, 15) is 4.57 Å². The molecule has 9 heteroatoms. The second-order valence-corrected chi connectivity index (χ2v) is 8.14. The van der Waals surface area contributed by atoms with Crippen molar-refractivity contribution in [2.24, 2.45) is 0 Å². The number of hydrogen-bond acceptors (Lipinski definition) is 8. The zero-order valence-corrected chi connectivity index (χ0v) is 18.0. The van der Waals surface area contributed by atoms with Crippen LogP contribution in [0, 0.1) is 0 Å². The molecule has 3 aromatic carbocycles. The number of nitrogens with zero attached hydrogens (tertiary/aromatic N) is 2. The quantitative estimate of drug-likeness (QED) is 0.238. The van der Waals surface area contributed by atoms with E-state index in [4.69, 9.17) is 22.4 Å². The van der Waals surface area contributed by atoms with Crippen molar-refractivity contribution < 1.29 is 27.0 Å². The van der Waals surface area contributed by atoms with Crippen LogP contribution in [0.1, 0.15) is 0 Å². The van der Waals surface area contributed by atoms with Gasteiger partial charge in [0.25, 0.3) is 0 Å². The SMILES string of the molecule is O=P(Oc1ccccc1)(Oc1ccccc1)Oc1cccc(-c2ncco2)c1-c1ncco1. The van der Waals surface area contributed by atoms with Crippen LogP contribution >= 0.6 is 7.82 Å². The summed E-state index contributed by atoms with van der Waals surface area (Å²) in [7, 11) is -4.23. The Labute approximate surface area is 189 Å². The molecule has 0 amide bonds. The molecule has 0 atom stereocenters. The summed E-state index contributed by atoms with van der Waals surface area (Å²) in [5.41, 5.74) is 0.921. The van der Waals surface area contributed by atoms with Crippen LogP contribution < -0.4 is 13.6 Å². The average Bonchev–Trinajstić information content (AvgIpc) is 3.55. The van der Waals surface area contributed by atoms with E-state index in [-0.39, 0.29) is 11.6 Å². The number of hydrogen-bond donors (Lipinski definition) is 0. The van der Waals surface area contributed by atoms with Crippen molar-refractivity contribution in [3.63, 3.8) is 0 Å². The van der Waals surface area contributed by atoms with Crippen LogP contribution in [-0.4, -0.2) is 9.97 Å². The van der Waals surface area contributed by atoms with E-state index in [1.807, 2.05) is 12.1 Å². The van der Waals surface area contributed by atoms with Gasteiger partial charge in [0.15, 0.2) is 0 Å². The number of aromatic nitrogens is 2. The van der Waals surface area contributed by atoms with Crippen molar-refractivity contribution in [2.45, 2.75) is 0 Å². The maximum Gasteiger partial charge on any atom is 0.647 e. The molecule has 0 saturated heterocycles. The summed E-state index contributed by atoms with van der Waals surface area (Å²) in [5.74, 6) is 1.33. The molecule has 0 radical (unpaired) electrons. The molecule has 0 N–H and O–H groups in total. The molecular formula is C24H17N2O6P. The van der Waals surface area contributed by atoms with Crippen LogP contribution in [0.5, 0.6) is 17.2 Å². The Morgan fingerprint density at radius 1 is 0.636 bits per heavy atom. The van der Waals surface area contributed by atoms with Crippen LogP contribution in [0.15, 0.2) is 113 Å². The van der Waals surface area contributed by atoms with Gasteiger partial charge in [-0.15, -0.1) is 0 Å². The smallest absolute Gasteiger partial charge is 0.445 e. The Balaban J connectivity index is 1.59. The van der Waals surface area contributed by atoms with Gasteiger partial charge >= 0.3 is 7.82 Å². The highest BCUT2D eigenvalue weighted by atomic mass is 31.2. The van der Waals surface area contributed by atoms with Gasteiger partial charge in [-0.25, -0.2) is 9.97 Å². The van der Waals surface area contributed by atoms with Gasteiger partial charge in [-0.05, 0) is 36.4 Å². The second-order valence-electron chi connectivity index (χ2n) is 6.70. The van der Waals surface area contributed by atoms with E-state index in [0.717, 1.165) is 0 Å². The maximum absolute atomic E-state index is 13.9. The fourth-order valence-electron chi connectivity index (χ4n) is 3.11. The molecule has 0 saturated carbocycles. The third-order valence-corrected chi connectivity index (χ3v) is 5.76. The molecule has 0 unspecified atom stereocenters. The molecule has 0 fully saturated rings. The number of phosphoric acid groups is 1. The molecular weight excluding hydrogens is 443 g/mol. The molecule has 0 bridgehead atoms. The molecule has 164 valence electrons. The second kappa shape index (κ2) is 9.06. The van der Waals surface area contributed by atoms with Gasteiger partial charge in [0.05, 0.1) is 23.5 Å². The van der Waals surface area contributed by atoms with Gasteiger partial charge in [0, 0.05) is 0 Å². The highest BCUT2D eigenvalue weighted by molar-refractivity contribution is 7.49. The first-order valence-corrected chi connectivity index (χ1v) is 11.4. The maximum atomic E-state index is 13.9. The Morgan fingerprint density at radius 3 is 1.76 bits per heavy atom. The summed E-state index contributed by atoms with van der Waals surface area (Å²) < 4.78 is 42.3. The first-order valence-electron chi connectivity index (χ1n) is 9.92. The highest BCUT2D eigenvalue weighted by Gasteiger charge is 2.35. The van der Waals surface area contributed by atoms with Crippen molar-refractivity contribution in [1.82, 2.24) is 9.97 Å². The Kier molecular flexibility index (Phi) is 5.66. The van der Waals surface area contributed by atoms with Gasteiger partial charge in [0.1, 0.15) is 29.8 Å². The number of para-hydroxylation sites is 2. The van der Waals surface area contributed by atoms with Crippen molar-refractivity contribution in [3.05, 3.63) is 104 Å². The van der Waals surface area contributed by atoms with E-state index in [2.05, 4.69) is 9.97 Å². The minimum absolute atomic E-state index is 0.156. The molecule has 8 nitrogen and oxygen atoms in total. The van der Waals surface area contributed by atoms with E-state index in [1.165, 1.54) is 24.9 Å². The number of rotatable bonds is 8. The Hall–Kier alpha value is -4.29. The molecule has 0 aliphatic rings. The van der Waals surface area contributed by atoms with Gasteiger partial charge in [-0.1, -0.05) is 42.5 Å². The molecule has 2 heterocycles. The summed E-state index contributed by atoms with van der Waals surface area (Å²) in [6, 6.07) is 22.3. The van der Waals surface area contributed by atoms with Crippen molar-refractivity contribution >= 4 is 7.82 Å². The lowest BCUT2D eigenvalue weighted by molar-refractivity contribution is 0.298. The molecule has 33 heavy (non-hydrogen) atoms. The molecule has 0 aliphatic carbocycles. The van der Waals surface area contributed by atoms with Crippen LogP contribution in [0.3, 0.4) is 0 Å². The summed E-state index contributed by atoms with van der Waals surface area (Å²) in [5, 5.41) is 0. The van der Waals surface area contributed by atoms with Gasteiger partial charge in [0.2, 0.25) is 11.8 Å². The van der Waals surface area contributed by atoms with Gasteiger partial charge in [-0.2, -0.15) is 4.57 Å². The average molecular weight is 460 g/mol. The predicted molar refractivity (Wildman–Crippen MR) is 120 cm³/mol. The van der Waals surface area contributed by atoms with Gasteiger partial charge in [-0.3, -0.25) is 0 Å². The lowest BCUT2D eigenvalue weighted by atomic mass is 10.1. The van der Waals surface area contributed by atoms with E-state index >= 15 is 0 Å². The largest absolute Gasteiger partial charge is 0.647 e. The topological polar surface area (TPSA) is 96.8 Å².